The molecule has 4 aromatic rings. The molecule has 28 heavy (non-hydrogen) atoms. The van der Waals surface area contributed by atoms with Gasteiger partial charge in [-0.2, -0.15) is 0 Å². The summed E-state index contributed by atoms with van der Waals surface area (Å²) < 4.78 is 1.90. The van der Waals surface area contributed by atoms with Crippen LogP contribution < -0.4 is 5.32 Å². The minimum absolute atomic E-state index is 0.0731. The smallest absolute Gasteiger partial charge is 0.247 e. The zero-order valence-corrected chi connectivity index (χ0v) is 16.0. The van der Waals surface area contributed by atoms with Crippen molar-refractivity contribution in [2.24, 2.45) is 0 Å². The van der Waals surface area contributed by atoms with Crippen molar-refractivity contribution in [3.8, 4) is 0 Å². The Hall–Kier alpha value is -3.41. The predicted molar refractivity (Wildman–Crippen MR) is 110 cm³/mol. The molecule has 0 aliphatic carbocycles. The standard InChI is InChI=1S/C22H23N5O/c1-3-21-23-11-12-27(21)15(2)22(28)24-17-9-10-18-19(14-17)26-20(25-18)13-16-7-5-4-6-8-16/h4-12,14-15H,3,13H2,1-2H3,(H,24,28)(H,25,26). The molecule has 0 bridgehead atoms. The van der Waals surface area contributed by atoms with Crippen molar-refractivity contribution in [3.63, 3.8) is 0 Å². The van der Waals surface area contributed by atoms with Crippen LogP contribution in [0.5, 0.6) is 0 Å². The largest absolute Gasteiger partial charge is 0.342 e. The Bertz CT molecular complexity index is 1100. The summed E-state index contributed by atoms with van der Waals surface area (Å²) in [4.78, 5) is 25.0. The van der Waals surface area contributed by atoms with Gasteiger partial charge in [-0.05, 0) is 30.7 Å². The average Bonchev–Trinajstić information content (AvgIpc) is 3.33. The van der Waals surface area contributed by atoms with E-state index in [1.54, 1.807) is 6.20 Å². The molecule has 142 valence electrons. The molecule has 0 saturated heterocycles. The number of carbonyl (C=O) groups is 1. The lowest BCUT2D eigenvalue weighted by Gasteiger charge is -2.15. The molecule has 2 heterocycles. The summed E-state index contributed by atoms with van der Waals surface area (Å²) in [5, 5.41) is 3.00. The number of fused-ring (bicyclic) bond motifs is 1. The van der Waals surface area contributed by atoms with Crippen molar-refractivity contribution in [2.75, 3.05) is 5.32 Å². The molecule has 0 spiro atoms. The molecule has 1 atom stereocenters. The summed E-state index contributed by atoms with van der Waals surface area (Å²) in [5.41, 5.74) is 3.75. The second kappa shape index (κ2) is 7.68. The van der Waals surface area contributed by atoms with Crippen LogP contribution in [0, 0.1) is 0 Å². The normalized spacial score (nSPS) is 12.2. The summed E-state index contributed by atoms with van der Waals surface area (Å²) in [6.45, 7) is 3.91. The zero-order valence-electron chi connectivity index (χ0n) is 16.0. The predicted octanol–water partition coefficient (Wildman–Crippen LogP) is 4.11. The highest BCUT2D eigenvalue weighted by Crippen LogP contribution is 2.20. The topological polar surface area (TPSA) is 75.6 Å². The van der Waals surface area contributed by atoms with Crippen LogP contribution in [0.1, 0.15) is 37.1 Å². The van der Waals surface area contributed by atoms with Gasteiger partial charge in [-0.1, -0.05) is 37.3 Å². The SMILES string of the molecule is CCc1nccn1C(C)C(=O)Nc1ccc2nc(Cc3ccccc3)[nH]c2c1. The molecule has 0 fully saturated rings. The Morgan fingerprint density at radius 2 is 2.04 bits per heavy atom. The molecular weight excluding hydrogens is 350 g/mol. The van der Waals surface area contributed by atoms with E-state index in [0.29, 0.717) is 0 Å². The fraction of sp³-hybridized carbons (Fsp3) is 0.227. The minimum Gasteiger partial charge on any atom is -0.342 e. The van der Waals surface area contributed by atoms with Crippen LogP contribution in [0.4, 0.5) is 5.69 Å². The van der Waals surface area contributed by atoms with Crippen LogP contribution in [-0.4, -0.2) is 25.4 Å². The minimum atomic E-state index is -0.330. The Morgan fingerprint density at radius 1 is 1.21 bits per heavy atom. The van der Waals surface area contributed by atoms with Gasteiger partial charge in [0.25, 0.3) is 0 Å². The zero-order chi connectivity index (χ0) is 19.5. The van der Waals surface area contributed by atoms with Crippen LogP contribution in [0.3, 0.4) is 0 Å². The molecule has 2 aromatic heterocycles. The van der Waals surface area contributed by atoms with Gasteiger partial charge in [-0.3, -0.25) is 4.79 Å². The summed E-state index contributed by atoms with van der Waals surface area (Å²) in [6.07, 6.45) is 5.11. The summed E-state index contributed by atoms with van der Waals surface area (Å²) in [5.74, 6) is 1.73. The van der Waals surface area contributed by atoms with Gasteiger partial charge in [0.05, 0.1) is 11.0 Å². The Balaban J connectivity index is 1.50. The molecule has 1 unspecified atom stereocenters. The van der Waals surface area contributed by atoms with E-state index in [9.17, 15) is 4.79 Å². The summed E-state index contributed by atoms with van der Waals surface area (Å²) in [6, 6.07) is 15.6. The van der Waals surface area contributed by atoms with E-state index in [4.69, 9.17) is 0 Å². The first-order chi connectivity index (χ1) is 13.6. The fourth-order valence-corrected chi connectivity index (χ4v) is 3.36. The van der Waals surface area contributed by atoms with Crippen LogP contribution in [0.2, 0.25) is 0 Å². The first kappa shape index (κ1) is 18.0. The van der Waals surface area contributed by atoms with E-state index in [1.807, 2.05) is 61.0 Å². The van der Waals surface area contributed by atoms with Gasteiger partial charge in [0.15, 0.2) is 0 Å². The van der Waals surface area contributed by atoms with Crippen molar-refractivity contribution in [1.29, 1.82) is 0 Å². The molecule has 0 radical (unpaired) electrons. The van der Waals surface area contributed by atoms with Gasteiger partial charge < -0.3 is 14.9 Å². The molecule has 0 saturated carbocycles. The van der Waals surface area contributed by atoms with Crippen LogP contribution in [-0.2, 0) is 17.6 Å². The number of carbonyl (C=O) groups excluding carboxylic acids is 1. The second-order valence-electron chi connectivity index (χ2n) is 6.85. The highest BCUT2D eigenvalue weighted by molar-refractivity contribution is 5.95. The second-order valence-corrected chi connectivity index (χ2v) is 6.85. The fourth-order valence-electron chi connectivity index (χ4n) is 3.36. The first-order valence-electron chi connectivity index (χ1n) is 9.49. The van der Waals surface area contributed by atoms with Crippen LogP contribution in [0.25, 0.3) is 11.0 Å². The Morgan fingerprint density at radius 3 is 2.82 bits per heavy atom. The van der Waals surface area contributed by atoms with E-state index in [0.717, 1.165) is 41.2 Å². The molecule has 2 aromatic carbocycles. The molecule has 0 aliphatic heterocycles. The third kappa shape index (κ3) is 3.67. The highest BCUT2D eigenvalue weighted by Gasteiger charge is 2.17. The number of hydrogen-bond acceptors (Lipinski definition) is 3. The highest BCUT2D eigenvalue weighted by atomic mass is 16.2. The molecule has 6 heteroatoms. The van der Waals surface area contributed by atoms with Crippen LogP contribution >= 0.6 is 0 Å². The van der Waals surface area contributed by atoms with Gasteiger partial charge in [-0.15, -0.1) is 0 Å². The monoisotopic (exact) mass is 373 g/mol. The Labute approximate surface area is 163 Å². The molecule has 6 nitrogen and oxygen atoms in total. The van der Waals surface area contributed by atoms with Crippen LogP contribution in [0.15, 0.2) is 60.9 Å². The number of aromatic amines is 1. The van der Waals surface area contributed by atoms with Gasteiger partial charge in [0, 0.05) is 30.9 Å². The molecule has 2 N–H and O–H groups in total. The van der Waals surface area contributed by atoms with E-state index < -0.39 is 0 Å². The number of H-pyrrole nitrogens is 1. The lowest BCUT2D eigenvalue weighted by molar-refractivity contribution is -0.118. The van der Waals surface area contributed by atoms with E-state index in [1.165, 1.54) is 5.56 Å². The average molecular weight is 373 g/mol. The van der Waals surface area contributed by atoms with Gasteiger partial charge in [-0.25, -0.2) is 9.97 Å². The number of hydrogen-bond donors (Lipinski definition) is 2. The van der Waals surface area contributed by atoms with Crippen molar-refractivity contribution in [3.05, 3.63) is 78.1 Å². The number of nitrogens with zero attached hydrogens (tertiary/aromatic N) is 3. The molecule has 0 aliphatic rings. The van der Waals surface area contributed by atoms with Gasteiger partial charge >= 0.3 is 0 Å². The number of benzene rings is 2. The quantitative estimate of drug-likeness (QED) is 0.534. The summed E-state index contributed by atoms with van der Waals surface area (Å²) >= 11 is 0. The van der Waals surface area contributed by atoms with Gasteiger partial charge in [0.1, 0.15) is 17.7 Å². The number of aromatic nitrogens is 4. The van der Waals surface area contributed by atoms with Crippen molar-refractivity contribution in [1.82, 2.24) is 19.5 Å². The molecule has 4 rings (SSSR count). The third-order valence-corrected chi connectivity index (χ3v) is 4.87. The van der Waals surface area contributed by atoms with E-state index in [2.05, 4.69) is 32.4 Å². The molecular formula is C22H23N5O. The number of imidazole rings is 2. The maximum Gasteiger partial charge on any atom is 0.247 e. The number of rotatable bonds is 6. The lowest BCUT2D eigenvalue weighted by Crippen LogP contribution is -2.24. The third-order valence-electron chi connectivity index (χ3n) is 4.87. The number of nitrogens with one attached hydrogen (secondary N) is 2. The molecule has 1 amide bonds. The maximum absolute atomic E-state index is 12.7. The lowest BCUT2D eigenvalue weighted by atomic mass is 10.1. The van der Waals surface area contributed by atoms with E-state index >= 15 is 0 Å². The first-order valence-corrected chi connectivity index (χ1v) is 9.49. The van der Waals surface area contributed by atoms with Crippen molar-refractivity contribution < 1.29 is 4.79 Å². The Kier molecular flexibility index (Phi) is 4.93. The van der Waals surface area contributed by atoms with Gasteiger partial charge in [0.2, 0.25) is 5.91 Å². The number of aryl methyl sites for hydroxylation is 1. The summed E-state index contributed by atoms with van der Waals surface area (Å²) in [7, 11) is 0. The van der Waals surface area contributed by atoms with Crippen molar-refractivity contribution >= 4 is 22.6 Å². The van der Waals surface area contributed by atoms with E-state index in [-0.39, 0.29) is 11.9 Å². The number of anilines is 1. The maximum atomic E-state index is 12.7. The van der Waals surface area contributed by atoms with Crippen molar-refractivity contribution in [2.45, 2.75) is 32.7 Å². The number of amides is 1.